The second kappa shape index (κ2) is 6.76. The SMILES string of the molecule is CNCC1CCN(S(=O)(=O)Nc2ccccc2Cl)CC1. The Balaban J connectivity index is 2.00. The summed E-state index contributed by atoms with van der Waals surface area (Å²) in [6.45, 7) is 2.03. The maximum atomic E-state index is 12.3. The first-order valence-corrected chi connectivity index (χ1v) is 8.52. The molecule has 0 bridgehead atoms. The molecule has 0 aliphatic carbocycles. The van der Waals surface area contributed by atoms with Gasteiger partial charge in [-0.1, -0.05) is 23.7 Å². The predicted octanol–water partition coefficient (Wildman–Crippen LogP) is 1.93. The lowest BCUT2D eigenvalue weighted by Crippen LogP contribution is -2.43. The number of anilines is 1. The van der Waals surface area contributed by atoms with Crippen LogP contribution in [0.25, 0.3) is 0 Å². The van der Waals surface area contributed by atoms with Crippen molar-refractivity contribution in [2.24, 2.45) is 5.92 Å². The minimum absolute atomic E-state index is 0.404. The summed E-state index contributed by atoms with van der Waals surface area (Å²) in [4.78, 5) is 0. The van der Waals surface area contributed by atoms with E-state index in [1.807, 2.05) is 7.05 Å². The molecule has 20 heavy (non-hydrogen) atoms. The van der Waals surface area contributed by atoms with Gasteiger partial charge in [0, 0.05) is 13.1 Å². The van der Waals surface area contributed by atoms with Crippen molar-refractivity contribution in [2.45, 2.75) is 12.8 Å². The third kappa shape index (κ3) is 3.85. The van der Waals surface area contributed by atoms with Gasteiger partial charge in [-0.2, -0.15) is 12.7 Å². The Bertz CT molecular complexity index is 542. The van der Waals surface area contributed by atoms with Gasteiger partial charge in [0.2, 0.25) is 0 Å². The van der Waals surface area contributed by atoms with Gasteiger partial charge < -0.3 is 5.32 Å². The highest BCUT2D eigenvalue weighted by molar-refractivity contribution is 7.90. The van der Waals surface area contributed by atoms with Crippen LogP contribution in [0.15, 0.2) is 24.3 Å². The third-order valence-corrected chi connectivity index (χ3v) is 5.37. The first-order valence-electron chi connectivity index (χ1n) is 6.70. The number of rotatable bonds is 5. The van der Waals surface area contributed by atoms with E-state index in [1.165, 1.54) is 4.31 Å². The number of piperidine rings is 1. The summed E-state index contributed by atoms with van der Waals surface area (Å²) in [5.74, 6) is 0.548. The molecular formula is C13H20ClN3O2S. The summed E-state index contributed by atoms with van der Waals surface area (Å²) in [6, 6.07) is 6.85. The van der Waals surface area contributed by atoms with Gasteiger partial charge in [-0.15, -0.1) is 0 Å². The summed E-state index contributed by atoms with van der Waals surface area (Å²) in [6.07, 6.45) is 1.76. The molecule has 0 atom stereocenters. The maximum Gasteiger partial charge on any atom is 0.301 e. The number of para-hydroxylation sites is 1. The fourth-order valence-corrected chi connectivity index (χ4v) is 3.91. The zero-order chi connectivity index (χ0) is 14.6. The Kier molecular flexibility index (Phi) is 5.26. The number of hydrogen-bond acceptors (Lipinski definition) is 3. The lowest BCUT2D eigenvalue weighted by molar-refractivity contribution is 0.272. The maximum absolute atomic E-state index is 12.3. The molecule has 5 nitrogen and oxygen atoms in total. The molecule has 112 valence electrons. The van der Waals surface area contributed by atoms with E-state index in [1.54, 1.807) is 24.3 Å². The summed E-state index contributed by atoms with van der Waals surface area (Å²) < 4.78 is 28.7. The van der Waals surface area contributed by atoms with Crippen molar-refractivity contribution in [2.75, 3.05) is 31.4 Å². The van der Waals surface area contributed by atoms with Crippen molar-refractivity contribution >= 4 is 27.5 Å². The Morgan fingerprint density at radius 1 is 1.30 bits per heavy atom. The molecule has 7 heteroatoms. The van der Waals surface area contributed by atoms with Gasteiger partial charge in [0.15, 0.2) is 0 Å². The lowest BCUT2D eigenvalue weighted by Gasteiger charge is -2.31. The van der Waals surface area contributed by atoms with Crippen molar-refractivity contribution < 1.29 is 8.42 Å². The van der Waals surface area contributed by atoms with Crippen LogP contribution in [-0.4, -0.2) is 39.4 Å². The van der Waals surface area contributed by atoms with Crippen LogP contribution >= 0.6 is 11.6 Å². The topological polar surface area (TPSA) is 61.4 Å². The number of halogens is 1. The molecule has 2 rings (SSSR count). The third-order valence-electron chi connectivity index (χ3n) is 3.52. The number of nitrogens with one attached hydrogen (secondary N) is 2. The quantitative estimate of drug-likeness (QED) is 0.872. The van der Waals surface area contributed by atoms with Crippen molar-refractivity contribution in [3.63, 3.8) is 0 Å². The highest BCUT2D eigenvalue weighted by atomic mass is 35.5. The van der Waals surface area contributed by atoms with Crippen LogP contribution in [0, 0.1) is 5.92 Å². The second-order valence-corrected chi connectivity index (χ2v) is 7.06. The van der Waals surface area contributed by atoms with Crippen molar-refractivity contribution in [3.05, 3.63) is 29.3 Å². The van der Waals surface area contributed by atoms with E-state index in [2.05, 4.69) is 10.0 Å². The highest BCUT2D eigenvalue weighted by Crippen LogP contribution is 2.24. The molecule has 0 spiro atoms. The summed E-state index contributed by atoms with van der Waals surface area (Å²) in [7, 11) is -1.60. The molecule has 0 aromatic heterocycles. The molecule has 2 N–H and O–H groups in total. The standard InChI is InChI=1S/C13H20ClN3O2S/c1-15-10-11-6-8-17(9-7-11)20(18,19)16-13-5-3-2-4-12(13)14/h2-5,11,15-16H,6-10H2,1H3. The molecule has 1 aliphatic heterocycles. The Morgan fingerprint density at radius 2 is 1.95 bits per heavy atom. The summed E-state index contributed by atoms with van der Waals surface area (Å²) in [5, 5.41) is 3.54. The molecule has 1 aliphatic rings. The van der Waals surface area contributed by atoms with Crippen LogP contribution < -0.4 is 10.0 Å². The van der Waals surface area contributed by atoms with Crippen LogP contribution in [0.2, 0.25) is 5.02 Å². The zero-order valence-corrected chi connectivity index (χ0v) is 13.0. The van der Waals surface area contributed by atoms with E-state index in [4.69, 9.17) is 11.6 Å². The Hall–Kier alpha value is -0.820. The molecule has 0 amide bonds. The fraction of sp³-hybridized carbons (Fsp3) is 0.538. The molecule has 1 heterocycles. The lowest BCUT2D eigenvalue weighted by atomic mass is 9.98. The highest BCUT2D eigenvalue weighted by Gasteiger charge is 2.27. The molecule has 0 saturated carbocycles. The molecule has 1 aromatic rings. The Morgan fingerprint density at radius 3 is 2.55 bits per heavy atom. The minimum Gasteiger partial charge on any atom is -0.319 e. The largest absolute Gasteiger partial charge is 0.319 e. The molecule has 1 aromatic carbocycles. The summed E-state index contributed by atoms with van der Waals surface area (Å²) >= 11 is 5.98. The minimum atomic E-state index is -3.52. The molecule has 1 saturated heterocycles. The monoisotopic (exact) mass is 317 g/mol. The van der Waals surface area contributed by atoms with Gasteiger partial charge in [0.05, 0.1) is 10.7 Å². The zero-order valence-electron chi connectivity index (χ0n) is 11.5. The predicted molar refractivity (Wildman–Crippen MR) is 82.2 cm³/mol. The van der Waals surface area contributed by atoms with Crippen LogP contribution in [-0.2, 0) is 10.2 Å². The van der Waals surface area contributed by atoms with E-state index >= 15 is 0 Å². The average molecular weight is 318 g/mol. The van der Waals surface area contributed by atoms with E-state index in [9.17, 15) is 8.42 Å². The van der Waals surface area contributed by atoms with E-state index < -0.39 is 10.2 Å². The average Bonchev–Trinajstić information content (AvgIpc) is 2.42. The normalized spacial score (nSPS) is 18.1. The smallest absolute Gasteiger partial charge is 0.301 e. The van der Waals surface area contributed by atoms with Crippen LogP contribution in [0.5, 0.6) is 0 Å². The molecule has 1 fully saturated rings. The van der Waals surface area contributed by atoms with Crippen LogP contribution in [0.3, 0.4) is 0 Å². The van der Waals surface area contributed by atoms with Crippen molar-refractivity contribution in [3.8, 4) is 0 Å². The van der Waals surface area contributed by atoms with Gasteiger partial charge in [-0.25, -0.2) is 0 Å². The van der Waals surface area contributed by atoms with E-state index in [0.29, 0.717) is 29.7 Å². The number of hydrogen-bond donors (Lipinski definition) is 2. The number of nitrogens with zero attached hydrogens (tertiary/aromatic N) is 1. The fourth-order valence-electron chi connectivity index (χ4n) is 2.39. The first-order chi connectivity index (χ1) is 9.53. The van der Waals surface area contributed by atoms with Crippen molar-refractivity contribution in [1.82, 2.24) is 9.62 Å². The van der Waals surface area contributed by atoms with Crippen LogP contribution in [0.4, 0.5) is 5.69 Å². The van der Waals surface area contributed by atoms with Crippen LogP contribution in [0.1, 0.15) is 12.8 Å². The summed E-state index contributed by atoms with van der Waals surface area (Å²) in [5.41, 5.74) is 0.423. The number of benzene rings is 1. The molecule has 0 radical (unpaired) electrons. The first kappa shape index (κ1) is 15.6. The van der Waals surface area contributed by atoms with E-state index in [-0.39, 0.29) is 0 Å². The van der Waals surface area contributed by atoms with Gasteiger partial charge in [0.1, 0.15) is 0 Å². The van der Waals surface area contributed by atoms with Gasteiger partial charge in [-0.3, -0.25) is 4.72 Å². The van der Waals surface area contributed by atoms with Gasteiger partial charge in [-0.05, 0) is 44.5 Å². The second-order valence-electron chi connectivity index (χ2n) is 4.99. The Labute approximate surface area is 125 Å². The molecule has 0 unspecified atom stereocenters. The van der Waals surface area contributed by atoms with Crippen molar-refractivity contribution in [1.29, 1.82) is 0 Å². The van der Waals surface area contributed by atoms with E-state index in [0.717, 1.165) is 19.4 Å². The molecular weight excluding hydrogens is 298 g/mol. The van der Waals surface area contributed by atoms with Gasteiger partial charge in [0.25, 0.3) is 0 Å². The van der Waals surface area contributed by atoms with Gasteiger partial charge >= 0.3 is 10.2 Å².